The zero-order valence-corrected chi connectivity index (χ0v) is 22.0. The molecule has 38 heavy (non-hydrogen) atoms. The topological polar surface area (TPSA) is 90.9 Å². The van der Waals surface area contributed by atoms with Gasteiger partial charge >= 0.3 is 0 Å². The third-order valence-electron chi connectivity index (χ3n) is 7.67. The summed E-state index contributed by atoms with van der Waals surface area (Å²) in [5.74, 6) is -0.115. The molecule has 8 nitrogen and oxygen atoms in total. The maximum atomic E-state index is 15.8. The van der Waals surface area contributed by atoms with E-state index in [-0.39, 0.29) is 17.8 Å². The third kappa shape index (κ3) is 4.06. The lowest BCUT2D eigenvalue weighted by Crippen LogP contribution is -2.27. The van der Waals surface area contributed by atoms with Gasteiger partial charge in [-0.05, 0) is 69.9 Å². The van der Waals surface area contributed by atoms with E-state index in [0.717, 1.165) is 29.6 Å². The molecule has 0 amide bonds. The lowest BCUT2D eigenvalue weighted by molar-refractivity contribution is 0.0547. The summed E-state index contributed by atoms with van der Waals surface area (Å²) in [6.07, 6.45) is 5.24. The van der Waals surface area contributed by atoms with Gasteiger partial charge in [-0.3, -0.25) is 9.97 Å². The molecule has 0 spiro atoms. The van der Waals surface area contributed by atoms with Crippen LogP contribution in [-0.4, -0.2) is 47.8 Å². The van der Waals surface area contributed by atoms with E-state index < -0.39 is 5.60 Å². The Morgan fingerprint density at radius 2 is 1.89 bits per heavy atom. The molecule has 9 heteroatoms. The molecule has 1 unspecified atom stereocenters. The Bertz CT molecular complexity index is 1610. The predicted octanol–water partition coefficient (Wildman–Crippen LogP) is 5.07. The SMILES string of the molecule is Cc1nnn(C)c1-c1cc2c(cc1F)c1ncc(C(C)(C)O)cc1n2C(c1ccccn1)C1CCOCC1. The normalized spacial score (nSPS) is 15.9. The van der Waals surface area contributed by atoms with Crippen molar-refractivity contribution in [1.29, 1.82) is 0 Å². The molecule has 0 aliphatic carbocycles. The zero-order chi connectivity index (χ0) is 26.6. The summed E-state index contributed by atoms with van der Waals surface area (Å²) in [5, 5.41) is 19.8. The van der Waals surface area contributed by atoms with Crippen molar-refractivity contribution in [3.63, 3.8) is 0 Å². The monoisotopic (exact) mass is 514 g/mol. The number of aliphatic hydroxyl groups is 1. The fraction of sp³-hybridized carbons (Fsp3) is 0.379. The molecule has 0 radical (unpaired) electrons. The molecule has 1 aromatic carbocycles. The van der Waals surface area contributed by atoms with Crippen LogP contribution in [0.2, 0.25) is 0 Å². The first-order chi connectivity index (χ1) is 18.2. The van der Waals surface area contributed by atoms with Gasteiger partial charge < -0.3 is 14.4 Å². The lowest BCUT2D eigenvalue weighted by atomic mass is 9.88. The lowest BCUT2D eigenvalue weighted by Gasteiger charge is -2.32. The number of pyridine rings is 2. The maximum Gasteiger partial charge on any atom is 0.133 e. The van der Waals surface area contributed by atoms with Gasteiger partial charge in [-0.1, -0.05) is 11.3 Å². The van der Waals surface area contributed by atoms with Crippen LogP contribution >= 0.6 is 0 Å². The molecule has 5 aromatic rings. The number of aryl methyl sites for hydroxylation is 2. The summed E-state index contributed by atoms with van der Waals surface area (Å²) >= 11 is 0. The molecule has 6 rings (SSSR count). The largest absolute Gasteiger partial charge is 0.386 e. The fourth-order valence-electron chi connectivity index (χ4n) is 5.74. The fourth-order valence-corrected chi connectivity index (χ4v) is 5.74. The molecular weight excluding hydrogens is 483 g/mol. The number of halogens is 1. The second kappa shape index (κ2) is 9.25. The van der Waals surface area contributed by atoms with E-state index in [2.05, 4.69) is 14.9 Å². The average molecular weight is 515 g/mol. The van der Waals surface area contributed by atoms with Gasteiger partial charge in [-0.25, -0.2) is 9.07 Å². The van der Waals surface area contributed by atoms with Crippen LogP contribution in [0.1, 0.15) is 49.7 Å². The van der Waals surface area contributed by atoms with E-state index in [0.29, 0.717) is 46.6 Å². The Balaban J connectivity index is 1.72. The number of hydrogen-bond acceptors (Lipinski definition) is 6. The van der Waals surface area contributed by atoms with Crippen LogP contribution in [0.25, 0.3) is 33.2 Å². The van der Waals surface area contributed by atoms with Crippen LogP contribution in [-0.2, 0) is 17.4 Å². The van der Waals surface area contributed by atoms with Gasteiger partial charge in [-0.15, -0.1) is 5.10 Å². The van der Waals surface area contributed by atoms with Crippen LogP contribution in [0.5, 0.6) is 0 Å². The molecule has 1 atom stereocenters. The summed E-state index contributed by atoms with van der Waals surface area (Å²) in [4.78, 5) is 9.55. The van der Waals surface area contributed by atoms with Gasteiger partial charge in [0.05, 0.1) is 45.3 Å². The molecule has 1 fully saturated rings. The van der Waals surface area contributed by atoms with E-state index >= 15 is 4.39 Å². The summed E-state index contributed by atoms with van der Waals surface area (Å²) < 4.78 is 25.3. The summed E-state index contributed by atoms with van der Waals surface area (Å²) in [6.45, 7) is 6.68. The third-order valence-corrected chi connectivity index (χ3v) is 7.67. The predicted molar refractivity (Wildman–Crippen MR) is 143 cm³/mol. The minimum absolute atomic E-state index is 0.136. The van der Waals surface area contributed by atoms with Gasteiger partial charge in [0, 0.05) is 49.2 Å². The van der Waals surface area contributed by atoms with E-state index in [1.807, 2.05) is 43.5 Å². The van der Waals surface area contributed by atoms with E-state index in [1.165, 1.54) is 0 Å². The Labute approximate surface area is 220 Å². The number of benzene rings is 1. The first-order valence-electron chi connectivity index (χ1n) is 13.0. The summed E-state index contributed by atoms with van der Waals surface area (Å²) in [6, 6.07) is 11.2. The highest BCUT2D eigenvalue weighted by atomic mass is 19.1. The highest BCUT2D eigenvalue weighted by molar-refractivity contribution is 6.07. The molecular formula is C29H31FN6O2. The minimum atomic E-state index is -1.09. The van der Waals surface area contributed by atoms with Crippen LogP contribution in [0, 0.1) is 18.7 Å². The Morgan fingerprint density at radius 3 is 2.55 bits per heavy atom. The van der Waals surface area contributed by atoms with Crippen LogP contribution < -0.4 is 0 Å². The highest BCUT2D eigenvalue weighted by Crippen LogP contribution is 2.42. The van der Waals surface area contributed by atoms with Crippen LogP contribution in [0.3, 0.4) is 0 Å². The molecule has 0 saturated carbocycles. The molecule has 1 saturated heterocycles. The summed E-state index contributed by atoms with van der Waals surface area (Å²) in [5.41, 5.74) is 4.61. The number of hydrogen-bond donors (Lipinski definition) is 1. The van der Waals surface area contributed by atoms with Crippen LogP contribution in [0.4, 0.5) is 4.39 Å². The quantitative estimate of drug-likeness (QED) is 0.352. The van der Waals surface area contributed by atoms with Gasteiger partial charge in [0.2, 0.25) is 0 Å². The Morgan fingerprint density at radius 1 is 1.11 bits per heavy atom. The standard InChI is InChI=1S/C29H31FN6O2/c1-17-27(35(4)34-33-17)20-15-24-21(14-22(20)30)26-25(13-19(16-32-26)29(2,3)37)36(24)28(18-8-11-38-12-9-18)23-7-5-6-10-31-23/h5-7,10,13-16,18,28,37H,8-9,11-12H2,1-4H3. The van der Waals surface area contributed by atoms with Gasteiger partial charge in [0.15, 0.2) is 0 Å². The van der Waals surface area contributed by atoms with Crippen molar-refractivity contribution >= 4 is 21.9 Å². The number of fused-ring (bicyclic) bond motifs is 3. The molecule has 5 heterocycles. The number of ether oxygens (including phenoxy) is 1. The van der Waals surface area contributed by atoms with E-state index in [1.54, 1.807) is 37.8 Å². The molecule has 1 aliphatic rings. The Hall–Kier alpha value is -3.69. The maximum absolute atomic E-state index is 15.8. The van der Waals surface area contributed by atoms with E-state index in [4.69, 9.17) is 14.7 Å². The van der Waals surface area contributed by atoms with E-state index in [9.17, 15) is 5.11 Å². The first-order valence-corrected chi connectivity index (χ1v) is 13.0. The molecule has 1 aliphatic heterocycles. The molecule has 196 valence electrons. The first kappa shape index (κ1) is 24.6. The Kier molecular flexibility index (Phi) is 6.00. The summed E-state index contributed by atoms with van der Waals surface area (Å²) in [7, 11) is 1.77. The van der Waals surface area contributed by atoms with Gasteiger partial charge in [0.25, 0.3) is 0 Å². The molecule has 0 bridgehead atoms. The molecule has 1 N–H and O–H groups in total. The average Bonchev–Trinajstić information content (AvgIpc) is 3.40. The van der Waals surface area contributed by atoms with Crippen molar-refractivity contribution in [2.24, 2.45) is 13.0 Å². The second-order valence-corrected chi connectivity index (χ2v) is 10.7. The van der Waals surface area contributed by atoms with Crippen molar-refractivity contribution in [2.75, 3.05) is 13.2 Å². The van der Waals surface area contributed by atoms with Crippen molar-refractivity contribution in [3.05, 3.63) is 71.6 Å². The van der Waals surface area contributed by atoms with Crippen LogP contribution in [0.15, 0.2) is 48.8 Å². The highest BCUT2D eigenvalue weighted by Gasteiger charge is 2.32. The second-order valence-electron chi connectivity index (χ2n) is 10.7. The van der Waals surface area contributed by atoms with Gasteiger partial charge in [-0.2, -0.15) is 0 Å². The molecule has 4 aromatic heterocycles. The number of nitrogens with zero attached hydrogens (tertiary/aromatic N) is 6. The zero-order valence-electron chi connectivity index (χ0n) is 22.0. The number of aromatic nitrogens is 6. The van der Waals surface area contributed by atoms with Crippen molar-refractivity contribution in [1.82, 2.24) is 29.5 Å². The number of rotatable bonds is 5. The van der Waals surface area contributed by atoms with Gasteiger partial charge in [0.1, 0.15) is 5.82 Å². The smallest absolute Gasteiger partial charge is 0.133 e. The minimum Gasteiger partial charge on any atom is -0.386 e. The van der Waals surface area contributed by atoms with Crippen molar-refractivity contribution in [3.8, 4) is 11.3 Å². The van der Waals surface area contributed by atoms with Crippen molar-refractivity contribution in [2.45, 2.75) is 45.3 Å². The van der Waals surface area contributed by atoms with Crippen molar-refractivity contribution < 1.29 is 14.2 Å².